The first-order valence-electron chi connectivity index (χ1n) is 7.37. The molecule has 1 saturated heterocycles. The van der Waals surface area contributed by atoms with Gasteiger partial charge in [-0.3, -0.25) is 9.69 Å². The van der Waals surface area contributed by atoms with Crippen LogP contribution in [0.2, 0.25) is 0 Å². The number of fused-ring (bicyclic) bond motifs is 1. The van der Waals surface area contributed by atoms with Crippen molar-refractivity contribution < 1.29 is 9.59 Å². The summed E-state index contributed by atoms with van der Waals surface area (Å²) in [5, 5.41) is 3.89. The van der Waals surface area contributed by atoms with Crippen LogP contribution in [0, 0.1) is 0 Å². The lowest BCUT2D eigenvalue weighted by atomic mass is 10.1. The second kappa shape index (κ2) is 5.60. The smallest absolute Gasteiger partial charge is 0.324 e. The van der Waals surface area contributed by atoms with Gasteiger partial charge in [-0.1, -0.05) is 31.5 Å². The fraction of sp³-hybridized carbons (Fsp3) is 0.375. The number of aromatic nitrogens is 1. The summed E-state index contributed by atoms with van der Waals surface area (Å²) in [6.45, 7) is 2.55. The number of carbonyl (C=O) groups excluding carboxylic acids is 2. The number of aromatic amines is 1. The van der Waals surface area contributed by atoms with E-state index in [1.54, 1.807) is 0 Å². The molecular formula is C16H19N3O2. The molecule has 0 bridgehead atoms. The Bertz CT molecular complexity index is 644. The summed E-state index contributed by atoms with van der Waals surface area (Å²) >= 11 is 0. The van der Waals surface area contributed by atoms with Gasteiger partial charge in [-0.25, -0.2) is 4.79 Å². The molecule has 1 aromatic carbocycles. The Morgan fingerprint density at radius 1 is 1.24 bits per heavy atom. The first-order chi connectivity index (χ1) is 10.2. The van der Waals surface area contributed by atoms with E-state index in [0.29, 0.717) is 13.0 Å². The van der Waals surface area contributed by atoms with Crippen LogP contribution in [0.5, 0.6) is 0 Å². The van der Waals surface area contributed by atoms with Gasteiger partial charge in [0, 0.05) is 24.2 Å². The van der Waals surface area contributed by atoms with Crippen molar-refractivity contribution in [3.8, 4) is 0 Å². The largest absolute Gasteiger partial charge is 0.358 e. The van der Waals surface area contributed by atoms with Crippen LogP contribution in [0.15, 0.2) is 30.3 Å². The van der Waals surface area contributed by atoms with E-state index in [9.17, 15) is 9.59 Å². The van der Waals surface area contributed by atoms with E-state index in [4.69, 9.17) is 0 Å². The van der Waals surface area contributed by atoms with Gasteiger partial charge in [0.15, 0.2) is 0 Å². The molecule has 1 fully saturated rings. The Morgan fingerprint density at radius 2 is 2.05 bits per heavy atom. The third-order valence-corrected chi connectivity index (χ3v) is 3.85. The molecule has 0 aliphatic carbocycles. The van der Waals surface area contributed by atoms with Crippen molar-refractivity contribution in [2.24, 2.45) is 0 Å². The lowest BCUT2D eigenvalue weighted by Gasteiger charge is -2.11. The van der Waals surface area contributed by atoms with Gasteiger partial charge in [-0.15, -0.1) is 0 Å². The minimum Gasteiger partial charge on any atom is -0.358 e. The number of hydrogen-bond acceptors (Lipinski definition) is 2. The first kappa shape index (κ1) is 13.7. The van der Waals surface area contributed by atoms with Gasteiger partial charge < -0.3 is 10.3 Å². The minimum absolute atomic E-state index is 0.118. The van der Waals surface area contributed by atoms with Crippen LogP contribution in [0.25, 0.3) is 10.9 Å². The summed E-state index contributed by atoms with van der Waals surface area (Å²) in [6, 6.07) is 9.28. The fourth-order valence-electron chi connectivity index (χ4n) is 2.71. The maximum atomic E-state index is 12.3. The van der Waals surface area contributed by atoms with E-state index in [1.807, 2.05) is 37.3 Å². The highest BCUT2D eigenvalue weighted by molar-refractivity contribution is 6.04. The second-order valence-electron chi connectivity index (χ2n) is 5.43. The number of urea groups is 1. The maximum Gasteiger partial charge on any atom is 0.324 e. The number of rotatable bonds is 5. The van der Waals surface area contributed by atoms with E-state index < -0.39 is 6.04 Å². The van der Waals surface area contributed by atoms with Crippen molar-refractivity contribution in [3.63, 3.8) is 0 Å². The molecule has 1 aliphatic rings. The summed E-state index contributed by atoms with van der Waals surface area (Å²) in [4.78, 5) is 28.7. The summed E-state index contributed by atoms with van der Waals surface area (Å²) in [6.07, 6.45) is 2.31. The lowest BCUT2D eigenvalue weighted by Crippen LogP contribution is -2.33. The zero-order valence-corrected chi connectivity index (χ0v) is 12.1. The zero-order valence-electron chi connectivity index (χ0n) is 12.1. The van der Waals surface area contributed by atoms with Crippen molar-refractivity contribution in [1.82, 2.24) is 15.2 Å². The number of amides is 3. The number of nitrogens with zero attached hydrogens (tertiary/aromatic N) is 1. The van der Waals surface area contributed by atoms with Crippen LogP contribution in [-0.2, 0) is 11.2 Å². The van der Waals surface area contributed by atoms with Crippen LogP contribution in [0.3, 0.4) is 0 Å². The van der Waals surface area contributed by atoms with Crippen molar-refractivity contribution in [2.45, 2.75) is 32.2 Å². The standard InChI is InChI=1S/C16H19N3O2/c1-2-3-8-19-15(20)14(18-16(19)21)10-12-9-11-6-4-5-7-13(11)17-12/h4-7,9,14,17H,2-3,8,10H2,1H3,(H,18,21). The summed E-state index contributed by atoms with van der Waals surface area (Å²) < 4.78 is 0. The molecule has 0 spiro atoms. The van der Waals surface area contributed by atoms with E-state index in [0.717, 1.165) is 29.4 Å². The van der Waals surface area contributed by atoms with Crippen molar-refractivity contribution in [2.75, 3.05) is 6.54 Å². The molecular weight excluding hydrogens is 266 g/mol. The number of nitrogens with one attached hydrogen (secondary N) is 2. The average molecular weight is 285 g/mol. The summed E-state index contributed by atoms with van der Waals surface area (Å²) in [7, 11) is 0. The normalized spacial score (nSPS) is 18.5. The molecule has 2 N–H and O–H groups in total. The Hall–Kier alpha value is -2.30. The van der Waals surface area contributed by atoms with E-state index in [-0.39, 0.29) is 11.9 Å². The average Bonchev–Trinajstić information content (AvgIpc) is 2.99. The van der Waals surface area contributed by atoms with Crippen molar-refractivity contribution in [1.29, 1.82) is 0 Å². The van der Waals surface area contributed by atoms with E-state index in [2.05, 4.69) is 10.3 Å². The van der Waals surface area contributed by atoms with Gasteiger partial charge in [-0.2, -0.15) is 0 Å². The predicted octanol–water partition coefficient (Wildman–Crippen LogP) is 2.43. The summed E-state index contributed by atoms with van der Waals surface area (Å²) in [5.74, 6) is -0.118. The lowest BCUT2D eigenvalue weighted by molar-refractivity contribution is -0.127. The number of carbonyl (C=O) groups is 2. The zero-order chi connectivity index (χ0) is 14.8. The van der Waals surface area contributed by atoms with Crippen LogP contribution >= 0.6 is 0 Å². The molecule has 5 heteroatoms. The van der Waals surface area contributed by atoms with Crippen LogP contribution < -0.4 is 5.32 Å². The SMILES string of the molecule is CCCCN1C(=O)NC(Cc2cc3ccccc3[nH]2)C1=O. The monoisotopic (exact) mass is 285 g/mol. The maximum absolute atomic E-state index is 12.3. The topological polar surface area (TPSA) is 65.2 Å². The molecule has 1 aliphatic heterocycles. The Labute approximate surface area is 123 Å². The number of para-hydroxylation sites is 1. The predicted molar refractivity (Wildman–Crippen MR) is 80.9 cm³/mol. The summed E-state index contributed by atoms with van der Waals surface area (Å²) in [5.41, 5.74) is 2.01. The minimum atomic E-state index is -0.456. The number of unbranched alkanes of at least 4 members (excludes halogenated alkanes) is 1. The second-order valence-corrected chi connectivity index (χ2v) is 5.43. The van der Waals surface area contributed by atoms with Gasteiger partial charge in [0.1, 0.15) is 6.04 Å². The number of H-pyrrole nitrogens is 1. The number of benzene rings is 1. The van der Waals surface area contributed by atoms with Gasteiger partial charge in [0.2, 0.25) is 0 Å². The number of imide groups is 1. The molecule has 0 saturated carbocycles. The van der Waals surface area contributed by atoms with Crippen LogP contribution in [0.4, 0.5) is 4.79 Å². The first-order valence-corrected chi connectivity index (χ1v) is 7.37. The van der Waals surface area contributed by atoms with E-state index in [1.165, 1.54) is 4.90 Å². The Balaban J connectivity index is 1.73. The number of hydrogen-bond donors (Lipinski definition) is 2. The van der Waals surface area contributed by atoms with Gasteiger partial charge in [-0.05, 0) is 23.9 Å². The van der Waals surface area contributed by atoms with Crippen LogP contribution in [0.1, 0.15) is 25.5 Å². The quantitative estimate of drug-likeness (QED) is 0.829. The molecule has 110 valence electrons. The van der Waals surface area contributed by atoms with Crippen molar-refractivity contribution in [3.05, 3.63) is 36.0 Å². The molecule has 3 rings (SSSR count). The highest BCUT2D eigenvalue weighted by atomic mass is 16.2. The molecule has 0 radical (unpaired) electrons. The highest BCUT2D eigenvalue weighted by Crippen LogP contribution is 2.18. The fourth-order valence-corrected chi connectivity index (χ4v) is 2.71. The Morgan fingerprint density at radius 3 is 2.81 bits per heavy atom. The molecule has 1 atom stereocenters. The molecule has 1 unspecified atom stereocenters. The van der Waals surface area contributed by atoms with Gasteiger partial charge in [0.25, 0.3) is 5.91 Å². The van der Waals surface area contributed by atoms with Gasteiger partial charge in [0.05, 0.1) is 0 Å². The molecule has 3 amide bonds. The van der Waals surface area contributed by atoms with Crippen molar-refractivity contribution >= 4 is 22.8 Å². The van der Waals surface area contributed by atoms with Gasteiger partial charge >= 0.3 is 6.03 Å². The molecule has 21 heavy (non-hydrogen) atoms. The third kappa shape index (κ3) is 2.63. The molecule has 1 aromatic heterocycles. The van der Waals surface area contributed by atoms with E-state index >= 15 is 0 Å². The Kier molecular flexibility index (Phi) is 3.64. The molecule has 2 heterocycles. The highest BCUT2D eigenvalue weighted by Gasteiger charge is 2.37. The third-order valence-electron chi connectivity index (χ3n) is 3.85. The molecule has 2 aromatic rings. The molecule has 5 nitrogen and oxygen atoms in total. The van der Waals surface area contributed by atoms with Crippen LogP contribution in [-0.4, -0.2) is 34.4 Å².